The lowest BCUT2D eigenvalue weighted by atomic mass is 10.2. The molecule has 0 saturated carbocycles. The van der Waals surface area contributed by atoms with Gasteiger partial charge in [0.05, 0.1) is 6.10 Å². The molecule has 1 fully saturated rings. The Morgan fingerprint density at radius 2 is 2.45 bits per heavy atom. The standard InChI is InChI=1S/C9H17NO/c1-3-5-6-8-9(11-8)10-7-4-2/h4,8-10H,2-3,5-7H2,1H3. The van der Waals surface area contributed by atoms with Crippen molar-refractivity contribution in [1.29, 1.82) is 0 Å². The van der Waals surface area contributed by atoms with E-state index < -0.39 is 0 Å². The predicted molar refractivity (Wildman–Crippen MR) is 46.4 cm³/mol. The summed E-state index contributed by atoms with van der Waals surface area (Å²) >= 11 is 0. The predicted octanol–water partition coefficient (Wildman–Crippen LogP) is 1.68. The second-order valence-electron chi connectivity index (χ2n) is 2.93. The van der Waals surface area contributed by atoms with E-state index in [-0.39, 0.29) is 0 Å². The Hall–Kier alpha value is -0.340. The SMILES string of the molecule is C=CCNC1OC1CCCC. The van der Waals surface area contributed by atoms with Crippen LogP contribution in [0.4, 0.5) is 0 Å². The average molecular weight is 155 g/mol. The van der Waals surface area contributed by atoms with E-state index in [9.17, 15) is 0 Å². The Labute approximate surface area is 68.6 Å². The van der Waals surface area contributed by atoms with Crippen LogP contribution in [0.3, 0.4) is 0 Å². The van der Waals surface area contributed by atoms with E-state index in [2.05, 4.69) is 18.8 Å². The van der Waals surface area contributed by atoms with Crippen molar-refractivity contribution in [3.63, 3.8) is 0 Å². The Bertz CT molecular complexity index is 125. The fourth-order valence-corrected chi connectivity index (χ4v) is 1.15. The highest BCUT2D eigenvalue weighted by molar-refractivity contribution is 4.84. The fraction of sp³-hybridized carbons (Fsp3) is 0.778. The van der Waals surface area contributed by atoms with Gasteiger partial charge >= 0.3 is 0 Å². The Kier molecular flexibility index (Phi) is 3.60. The van der Waals surface area contributed by atoms with Crippen LogP contribution in [0.1, 0.15) is 26.2 Å². The van der Waals surface area contributed by atoms with Crippen molar-refractivity contribution < 1.29 is 4.74 Å². The van der Waals surface area contributed by atoms with Crippen LogP contribution in [0.25, 0.3) is 0 Å². The first-order valence-electron chi connectivity index (χ1n) is 4.38. The van der Waals surface area contributed by atoms with Crippen LogP contribution in [0.15, 0.2) is 12.7 Å². The lowest BCUT2D eigenvalue weighted by Gasteiger charge is -1.93. The highest BCUT2D eigenvalue weighted by Crippen LogP contribution is 2.24. The van der Waals surface area contributed by atoms with Gasteiger partial charge in [0.15, 0.2) is 0 Å². The van der Waals surface area contributed by atoms with E-state index in [1.807, 2.05) is 6.08 Å². The third-order valence-corrected chi connectivity index (χ3v) is 1.89. The number of epoxide rings is 1. The molecule has 0 amide bonds. The van der Waals surface area contributed by atoms with E-state index in [4.69, 9.17) is 4.74 Å². The molecule has 1 rings (SSSR count). The second kappa shape index (κ2) is 4.52. The maximum Gasteiger partial charge on any atom is 0.135 e. The van der Waals surface area contributed by atoms with Gasteiger partial charge in [-0.3, -0.25) is 5.32 Å². The largest absolute Gasteiger partial charge is 0.353 e. The maximum atomic E-state index is 5.36. The highest BCUT2D eigenvalue weighted by atomic mass is 16.6. The van der Waals surface area contributed by atoms with E-state index in [0.29, 0.717) is 12.3 Å². The number of nitrogens with one attached hydrogen (secondary N) is 1. The topological polar surface area (TPSA) is 24.6 Å². The molecule has 0 aromatic carbocycles. The summed E-state index contributed by atoms with van der Waals surface area (Å²) in [6.45, 7) is 6.69. The van der Waals surface area contributed by atoms with Gasteiger partial charge < -0.3 is 4.74 Å². The van der Waals surface area contributed by atoms with E-state index in [0.717, 1.165) is 6.54 Å². The molecule has 1 saturated heterocycles. The molecule has 0 bridgehead atoms. The number of ether oxygens (including phenoxy) is 1. The maximum absolute atomic E-state index is 5.36. The number of hydrogen-bond donors (Lipinski definition) is 1. The van der Waals surface area contributed by atoms with Crippen LogP contribution in [-0.2, 0) is 4.74 Å². The summed E-state index contributed by atoms with van der Waals surface area (Å²) in [6, 6.07) is 0. The van der Waals surface area contributed by atoms with Crippen molar-refractivity contribution in [3.05, 3.63) is 12.7 Å². The van der Waals surface area contributed by atoms with Gasteiger partial charge in [0.25, 0.3) is 0 Å². The van der Waals surface area contributed by atoms with Gasteiger partial charge in [0.1, 0.15) is 6.23 Å². The third kappa shape index (κ3) is 3.04. The number of hydrogen-bond acceptors (Lipinski definition) is 2. The Morgan fingerprint density at radius 3 is 3.09 bits per heavy atom. The van der Waals surface area contributed by atoms with E-state index in [1.54, 1.807) is 0 Å². The molecular formula is C9H17NO. The van der Waals surface area contributed by atoms with Crippen LogP contribution in [0.5, 0.6) is 0 Å². The smallest absolute Gasteiger partial charge is 0.135 e. The highest BCUT2D eigenvalue weighted by Gasteiger charge is 2.36. The number of unbranched alkanes of at least 4 members (excludes halogenated alkanes) is 1. The van der Waals surface area contributed by atoms with Gasteiger partial charge in [-0.05, 0) is 6.42 Å². The lowest BCUT2D eigenvalue weighted by molar-refractivity contribution is 0.342. The summed E-state index contributed by atoms with van der Waals surface area (Å²) in [7, 11) is 0. The molecule has 1 N–H and O–H groups in total. The minimum atomic E-state index is 0.319. The van der Waals surface area contributed by atoms with E-state index in [1.165, 1.54) is 19.3 Å². The monoisotopic (exact) mass is 155 g/mol. The summed E-state index contributed by atoms with van der Waals surface area (Å²) < 4.78 is 5.36. The average Bonchev–Trinajstić information content (AvgIpc) is 2.76. The summed E-state index contributed by atoms with van der Waals surface area (Å²) in [6.07, 6.45) is 6.39. The first-order chi connectivity index (χ1) is 5.38. The van der Waals surface area contributed by atoms with Crippen molar-refractivity contribution in [2.75, 3.05) is 6.54 Å². The zero-order chi connectivity index (χ0) is 8.10. The van der Waals surface area contributed by atoms with Gasteiger partial charge in [-0.25, -0.2) is 0 Å². The first kappa shape index (κ1) is 8.75. The normalized spacial score (nSPS) is 28.5. The molecule has 1 heterocycles. The summed E-state index contributed by atoms with van der Waals surface area (Å²) in [5.41, 5.74) is 0. The minimum absolute atomic E-state index is 0.319. The Morgan fingerprint density at radius 1 is 1.64 bits per heavy atom. The van der Waals surface area contributed by atoms with Gasteiger partial charge in [0.2, 0.25) is 0 Å². The van der Waals surface area contributed by atoms with Crippen molar-refractivity contribution in [2.24, 2.45) is 0 Å². The molecule has 2 heteroatoms. The molecule has 0 aliphatic carbocycles. The summed E-state index contributed by atoms with van der Waals surface area (Å²) in [5.74, 6) is 0. The van der Waals surface area contributed by atoms with Crippen LogP contribution < -0.4 is 5.32 Å². The molecule has 2 nitrogen and oxygen atoms in total. The van der Waals surface area contributed by atoms with Gasteiger partial charge in [-0.2, -0.15) is 0 Å². The number of rotatable bonds is 6. The van der Waals surface area contributed by atoms with Crippen molar-refractivity contribution in [3.8, 4) is 0 Å². The van der Waals surface area contributed by atoms with Gasteiger partial charge in [0, 0.05) is 6.54 Å². The minimum Gasteiger partial charge on any atom is -0.353 e. The van der Waals surface area contributed by atoms with Crippen molar-refractivity contribution in [2.45, 2.75) is 38.5 Å². The van der Waals surface area contributed by atoms with Crippen LogP contribution in [0.2, 0.25) is 0 Å². The van der Waals surface area contributed by atoms with Gasteiger partial charge in [-0.15, -0.1) is 6.58 Å². The zero-order valence-electron chi connectivity index (χ0n) is 7.18. The molecule has 64 valence electrons. The zero-order valence-corrected chi connectivity index (χ0v) is 7.18. The van der Waals surface area contributed by atoms with Crippen molar-refractivity contribution >= 4 is 0 Å². The molecule has 1 aliphatic heterocycles. The summed E-state index contributed by atoms with van der Waals surface area (Å²) in [4.78, 5) is 0. The van der Waals surface area contributed by atoms with Crippen molar-refractivity contribution in [1.82, 2.24) is 5.32 Å². The molecule has 0 aromatic rings. The molecular weight excluding hydrogens is 138 g/mol. The fourth-order valence-electron chi connectivity index (χ4n) is 1.15. The molecule has 0 radical (unpaired) electrons. The molecule has 1 aliphatic rings. The Balaban J connectivity index is 1.93. The molecule has 0 spiro atoms. The molecule has 11 heavy (non-hydrogen) atoms. The summed E-state index contributed by atoms with van der Waals surface area (Å²) in [5, 5.41) is 3.22. The van der Waals surface area contributed by atoms with Crippen LogP contribution >= 0.6 is 0 Å². The lowest BCUT2D eigenvalue weighted by Crippen LogP contribution is -2.19. The molecule has 0 aromatic heterocycles. The molecule has 2 unspecified atom stereocenters. The molecule has 2 atom stereocenters. The van der Waals surface area contributed by atoms with Crippen LogP contribution in [-0.4, -0.2) is 18.9 Å². The first-order valence-corrected chi connectivity index (χ1v) is 4.38. The van der Waals surface area contributed by atoms with E-state index >= 15 is 0 Å². The van der Waals surface area contributed by atoms with Crippen LogP contribution in [0, 0.1) is 0 Å². The van der Waals surface area contributed by atoms with Gasteiger partial charge in [-0.1, -0.05) is 25.8 Å². The second-order valence-corrected chi connectivity index (χ2v) is 2.93. The quantitative estimate of drug-likeness (QED) is 0.466. The third-order valence-electron chi connectivity index (χ3n) is 1.89.